The van der Waals surface area contributed by atoms with E-state index < -0.39 is 5.97 Å². The van der Waals surface area contributed by atoms with Gasteiger partial charge in [-0.3, -0.25) is 4.79 Å². The van der Waals surface area contributed by atoms with E-state index in [0.29, 0.717) is 19.3 Å². The molecule has 0 aromatic rings. The number of hydrogen-bond donors (Lipinski definition) is 1. The predicted octanol–water partition coefficient (Wildman–Crippen LogP) is 2.04. The molecule has 12 heavy (non-hydrogen) atoms. The van der Waals surface area contributed by atoms with Crippen molar-refractivity contribution in [3.63, 3.8) is 0 Å². The number of nitriles is 1. The highest BCUT2D eigenvalue weighted by Gasteiger charge is 2.15. The minimum absolute atomic E-state index is 0.0293. The van der Waals surface area contributed by atoms with E-state index >= 15 is 0 Å². The van der Waals surface area contributed by atoms with Gasteiger partial charge in [-0.15, -0.1) is 0 Å². The SMILES string of the molecule is CC[C@@H](CC[C@@H](C)C#N)C(=O)O. The first kappa shape index (κ1) is 11.0. The first-order valence-corrected chi connectivity index (χ1v) is 4.24. The highest BCUT2D eigenvalue weighted by molar-refractivity contribution is 5.69. The third kappa shape index (κ3) is 3.97. The topological polar surface area (TPSA) is 61.1 Å². The average molecular weight is 169 g/mol. The smallest absolute Gasteiger partial charge is 0.306 e. The van der Waals surface area contributed by atoms with Crippen molar-refractivity contribution in [3.8, 4) is 6.07 Å². The summed E-state index contributed by atoms with van der Waals surface area (Å²) in [6, 6.07) is 2.09. The Labute approximate surface area is 73.0 Å². The average Bonchev–Trinajstić information content (AvgIpc) is 2.04. The summed E-state index contributed by atoms with van der Waals surface area (Å²) in [6.45, 7) is 3.67. The molecular formula is C9H15NO2. The van der Waals surface area contributed by atoms with Crippen LogP contribution in [0.3, 0.4) is 0 Å². The van der Waals surface area contributed by atoms with Crippen LogP contribution in [0.15, 0.2) is 0 Å². The zero-order valence-electron chi connectivity index (χ0n) is 7.58. The zero-order valence-corrected chi connectivity index (χ0v) is 7.58. The van der Waals surface area contributed by atoms with Crippen molar-refractivity contribution >= 4 is 5.97 Å². The van der Waals surface area contributed by atoms with E-state index in [-0.39, 0.29) is 11.8 Å². The Hall–Kier alpha value is -1.04. The van der Waals surface area contributed by atoms with Crippen molar-refractivity contribution < 1.29 is 9.90 Å². The van der Waals surface area contributed by atoms with E-state index in [2.05, 4.69) is 6.07 Å². The van der Waals surface area contributed by atoms with Crippen LogP contribution in [0.5, 0.6) is 0 Å². The summed E-state index contributed by atoms with van der Waals surface area (Å²) in [7, 11) is 0. The molecule has 0 unspecified atom stereocenters. The Morgan fingerprint density at radius 1 is 1.58 bits per heavy atom. The van der Waals surface area contributed by atoms with Gasteiger partial charge in [-0.2, -0.15) is 5.26 Å². The monoisotopic (exact) mass is 169 g/mol. The quantitative estimate of drug-likeness (QED) is 0.685. The van der Waals surface area contributed by atoms with E-state index in [1.807, 2.05) is 13.8 Å². The minimum atomic E-state index is -0.748. The van der Waals surface area contributed by atoms with E-state index in [0.717, 1.165) is 0 Å². The van der Waals surface area contributed by atoms with Gasteiger partial charge in [-0.1, -0.05) is 6.92 Å². The van der Waals surface area contributed by atoms with E-state index in [4.69, 9.17) is 10.4 Å². The molecule has 0 heterocycles. The minimum Gasteiger partial charge on any atom is -0.481 e. The summed E-state index contributed by atoms with van der Waals surface area (Å²) in [6.07, 6.45) is 1.94. The molecule has 0 radical (unpaired) electrons. The van der Waals surface area contributed by atoms with Crippen LogP contribution >= 0.6 is 0 Å². The van der Waals surface area contributed by atoms with Gasteiger partial charge in [0.1, 0.15) is 0 Å². The summed E-state index contributed by atoms with van der Waals surface area (Å²) < 4.78 is 0. The number of hydrogen-bond acceptors (Lipinski definition) is 2. The van der Waals surface area contributed by atoms with Crippen LogP contribution in [0.25, 0.3) is 0 Å². The molecule has 68 valence electrons. The molecule has 0 amide bonds. The maximum absolute atomic E-state index is 10.5. The Morgan fingerprint density at radius 3 is 2.50 bits per heavy atom. The van der Waals surface area contributed by atoms with Crippen molar-refractivity contribution in [2.75, 3.05) is 0 Å². The second-order valence-corrected chi connectivity index (χ2v) is 3.05. The van der Waals surface area contributed by atoms with Gasteiger partial charge < -0.3 is 5.11 Å². The predicted molar refractivity (Wildman–Crippen MR) is 45.4 cm³/mol. The third-order valence-corrected chi connectivity index (χ3v) is 2.01. The van der Waals surface area contributed by atoms with Gasteiger partial charge in [-0.25, -0.2) is 0 Å². The normalized spacial score (nSPS) is 14.8. The van der Waals surface area contributed by atoms with Gasteiger partial charge >= 0.3 is 5.97 Å². The van der Waals surface area contributed by atoms with Gasteiger partial charge in [-0.05, 0) is 26.2 Å². The molecule has 1 N–H and O–H groups in total. The summed E-state index contributed by atoms with van der Waals surface area (Å²) in [4.78, 5) is 10.5. The van der Waals surface area contributed by atoms with Crippen LogP contribution in [0.1, 0.15) is 33.1 Å². The lowest BCUT2D eigenvalue weighted by molar-refractivity contribution is -0.142. The fourth-order valence-corrected chi connectivity index (χ4v) is 1.02. The summed E-state index contributed by atoms with van der Waals surface area (Å²) >= 11 is 0. The molecule has 0 aromatic heterocycles. The van der Waals surface area contributed by atoms with Crippen LogP contribution in [0, 0.1) is 23.2 Å². The standard InChI is InChI=1S/C9H15NO2/c1-3-8(9(11)12)5-4-7(2)6-10/h7-8H,3-5H2,1-2H3,(H,11,12)/t7-,8+/m1/s1. The molecule has 0 aromatic carbocycles. The second-order valence-electron chi connectivity index (χ2n) is 3.05. The molecule has 0 rings (SSSR count). The Morgan fingerprint density at radius 2 is 2.17 bits per heavy atom. The maximum Gasteiger partial charge on any atom is 0.306 e. The van der Waals surface area contributed by atoms with E-state index in [9.17, 15) is 4.79 Å². The lowest BCUT2D eigenvalue weighted by Gasteiger charge is -2.09. The highest BCUT2D eigenvalue weighted by atomic mass is 16.4. The lowest BCUT2D eigenvalue weighted by atomic mass is 9.96. The number of rotatable bonds is 5. The fraction of sp³-hybridized carbons (Fsp3) is 0.778. The van der Waals surface area contributed by atoms with Gasteiger partial charge in [0.2, 0.25) is 0 Å². The number of carbonyl (C=O) groups is 1. The molecule has 0 bridgehead atoms. The summed E-state index contributed by atoms with van der Waals surface area (Å²) in [5.74, 6) is -1.05. The van der Waals surface area contributed by atoms with Gasteiger partial charge in [0.05, 0.1) is 12.0 Å². The van der Waals surface area contributed by atoms with Crippen molar-refractivity contribution in [3.05, 3.63) is 0 Å². The zero-order chi connectivity index (χ0) is 9.56. The molecule has 0 fully saturated rings. The van der Waals surface area contributed by atoms with Crippen molar-refractivity contribution in [1.29, 1.82) is 5.26 Å². The molecule has 0 aliphatic heterocycles. The lowest BCUT2D eigenvalue weighted by Crippen LogP contribution is -2.13. The van der Waals surface area contributed by atoms with E-state index in [1.165, 1.54) is 0 Å². The van der Waals surface area contributed by atoms with Crippen molar-refractivity contribution in [2.45, 2.75) is 33.1 Å². The number of nitrogens with zero attached hydrogens (tertiary/aromatic N) is 1. The molecule has 3 nitrogen and oxygen atoms in total. The molecule has 2 atom stereocenters. The molecule has 0 spiro atoms. The van der Waals surface area contributed by atoms with Crippen LogP contribution in [0.2, 0.25) is 0 Å². The Balaban J connectivity index is 3.75. The summed E-state index contributed by atoms with van der Waals surface area (Å²) in [5, 5.41) is 17.1. The Bertz CT molecular complexity index is 183. The number of aliphatic carboxylic acids is 1. The van der Waals surface area contributed by atoms with Gasteiger partial charge in [0, 0.05) is 5.92 Å². The van der Waals surface area contributed by atoms with E-state index in [1.54, 1.807) is 0 Å². The maximum atomic E-state index is 10.5. The van der Waals surface area contributed by atoms with Crippen molar-refractivity contribution in [1.82, 2.24) is 0 Å². The van der Waals surface area contributed by atoms with Crippen LogP contribution in [-0.2, 0) is 4.79 Å². The molecule has 0 aliphatic rings. The first-order valence-electron chi connectivity index (χ1n) is 4.24. The molecule has 0 saturated carbocycles. The first-order chi connectivity index (χ1) is 5.61. The highest BCUT2D eigenvalue weighted by Crippen LogP contribution is 2.15. The second kappa shape index (κ2) is 5.59. The van der Waals surface area contributed by atoms with Crippen LogP contribution in [-0.4, -0.2) is 11.1 Å². The molecule has 0 aliphatic carbocycles. The molecule has 0 saturated heterocycles. The third-order valence-electron chi connectivity index (χ3n) is 2.01. The largest absolute Gasteiger partial charge is 0.481 e. The number of carboxylic acid groups (broad SMARTS) is 1. The van der Waals surface area contributed by atoms with Crippen LogP contribution in [0.4, 0.5) is 0 Å². The fourth-order valence-electron chi connectivity index (χ4n) is 1.02. The molecular weight excluding hydrogens is 154 g/mol. The number of carboxylic acids is 1. The van der Waals surface area contributed by atoms with Gasteiger partial charge in [0.25, 0.3) is 0 Å². The molecule has 3 heteroatoms. The summed E-state index contributed by atoms with van der Waals surface area (Å²) in [5.41, 5.74) is 0. The van der Waals surface area contributed by atoms with Crippen LogP contribution < -0.4 is 0 Å². The Kier molecular flexibility index (Phi) is 5.11. The van der Waals surface area contributed by atoms with Gasteiger partial charge in [0.15, 0.2) is 0 Å². The van der Waals surface area contributed by atoms with Crippen molar-refractivity contribution in [2.24, 2.45) is 11.8 Å².